The maximum absolute atomic E-state index is 11.7. The standard InChI is InChI=1S/C13H20N4O2/c1-3-16-13(19)9-4-5-10(14)11(8-9)17-7-6-12(18)15-2/h4-5,8,17H,3,6-7,14H2,1-2H3,(H,15,18)(H,16,19). The lowest BCUT2D eigenvalue weighted by Crippen LogP contribution is -2.23. The van der Waals surface area contributed by atoms with Crippen molar-refractivity contribution < 1.29 is 9.59 Å². The van der Waals surface area contributed by atoms with E-state index in [4.69, 9.17) is 5.73 Å². The van der Waals surface area contributed by atoms with Crippen LogP contribution in [0.25, 0.3) is 0 Å². The highest BCUT2D eigenvalue weighted by atomic mass is 16.2. The fourth-order valence-corrected chi connectivity index (χ4v) is 1.55. The topological polar surface area (TPSA) is 96.2 Å². The molecule has 5 N–H and O–H groups in total. The van der Waals surface area contributed by atoms with Gasteiger partial charge in [0.15, 0.2) is 0 Å². The van der Waals surface area contributed by atoms with E-state index in [1.807, 2.05) is 6.92 Å². The highest BCUT2D eigenvalue weighted by molar-refractivity contribution is 5.96. The monoisotopic (exact) mass is 264 g/mol. The minimum Gasteiger partial charge on any atom is -0.397 e. The molecule has 0 spiro atoms. The Balaban J connectivity index is 2.69. The number of anilines is 2. The quantitative estimate of drug-likeness (QED) is 0.565. The zero-order valence-electron chi connectivity index (χ0n) is 11.2. The summed E-state index contributed by atoms with van der Waals surface area (Å²) in [6.45, 7) is 2.89. The maximum atomic E-state index is 11.7. The van der Waals surface area contributed by atoms with Crippen LogP contribution in [0.3, 0.4) is 0 Å². The molecule has 1 rings (SSSR count). The van der Waals surface area contributed by atoms with Gasteiger partial charge in [-0.25, -0.2) is 0 Å². The Labute approximate surface area is 112 Å². The zero-order valence-corrected chi connectivity index (χ0v) is 11.2. The summed E-state index contributed by atoms with van der Waals surface area (Å²) in [5, 5.41) is 8.31. The van der Waals surface area contributed by atoms with Crippen LogP contribution in [0.2, 0.25) is 0 Å². The van der Waals surface area contributed by atoms with E-state index in [-0.39, 0.29) is 11.8 Å². The van der Waals surface area contributed by atoms with Gasteiger partial charge in [0.1, 0.15) is 0 Å². The van der Waals surface area contributed by atoms with Crippen molar-refractivity contribution in [3.8, 4) is 0 Å². The summed E-state index contributed by atoms with van der Waals surface area (Å²) in [5.74, 6) is -0.192. The second-order valence-electron chi connectivity index (χ2n) is 4.01. The van der Waals surface area contributed by atoms with E-state index in [9.17, 15) is 9.59 Å². The van der Waals surface area contributed by atoms with Crippen molar-refractivity contribution in [2.45, 2.75) is 13.3 Å². The highest BCUT2D eigenvalue weighted by Crippen LogP contribution is 2.19. The van der Waals surface area contributed by atoms with Crippen LogP contribution in [0.5, 0.6) is 0 Å². The predicted molar refractivity (Wildman–Crippen MR) is 76.0 cm³/mol. The van der Waals surface area contributed by atoms with Crippen LogP contribution in [0.15, 0.2) is 18.2 Å². The van der Waals surface area contributed by atoms with Gasteiger partial charge in [-0.3, -0.25) is 9.59 Å². The first-order chi connectivity index (χ1) is 9.08. The zero-order chi connectivity index (χ0) is 14.3. The second-order valence-corrected chi connectivity index (χ2v) is 4.01. The van der Waals surface area contributed by atoms with Gasteiger partial charge in [0.2, 0.25) is 5.91 Å². The largest absolute Gasteiger partial charge is 0.397 e. The third-order valence-corrected chi connectivity index (χ3v) is 2.60. The molecule has 1 aromatic rings. The molecule has 6 nitrogen and oxygen atoms in total. The Hall–Kier alpha value is -2.24. The molecule has 0 radical (unpaired) electrons. The lowest BCUT2D eigenvalue weighted by atomic mass is 10.1. The normalized spacial score (nSPS) is 9.79. The number of carbonyl (C=O) groups is 2. The van der Waals surface area contributed by atoms with Gasteiger partial charge in [0, 0.05) is 32.1 Å². The van der Waals surface area contributed by atoms with Crippen molar-refractivity contribution in [2.75, 3.05) is 31.2 Å². The molecule has 0 aliphatic carbocycles. The van der Waals surface area contributed by atoms with Crippen LogP contribution in [-0.2, 0) is 4.79 Å². The van der Waals surface area contributed by atoms with Crippen molar-refractivity contribution in [2.24, 2.45) is 0 Å². The van der Waals surface area contributed by atoms with Gasteiger partial charge < -0.3 is 21.7 Å². The lowest BCUT2D eigenvalue weighted by Gasteiger charge is -2.11. The number of hydrogen-bond donors (Lipinski definition) is 4. The number of amides is 2. The number of carbonyl (C=O) groups excluding carboxylic acids is 2. The summed E-state index contributed by atoms with van der Waals surface area (Å²) in [5.41, 5.74) is 7.56. The first kappa shape index (κ1) is 14.8. The number of hydrogen-bond acceptors (Lipinski definition) is 4. The Bertz CT molecular complexity index is 460. The second kappa shape index (κ2) is 7.25. The number of nitrogen functional groups attached to an aromatic ring is 1. The van der Waals surface area contributed by atoms with Gasteiger partial charge in [-0.1, -0.05) is 0 Å². The molecule has 104 valence electrons. The van der Waals surface area contributed by atoms with E-state index in [1.54, 1.807) is 25.2 Å². The molecule has 1 aromatic carbocycles. The number of rotatable bonds is 6. The van der Waals surface area contributed by atoms with Gasteiger partial charge >= 0.3 is 0 Å². The van der Waals surface area contributed by atoms with Gasteiger partial charge in [-0.2, -0.15) is 0 Å². The van der Waals surface area contributed by atoms with Crippen LogP contribution < -0.4 is 21.7 Å². The molecule has 0 aromatic heterocycles. The summed E-state index contributed by atoms with van der Waals surface area (Å²) in [6.07, 6.45) is 0.349. The molecule has 6 heteroatoms. The van der Waals surface area contributed by atoms with E-state index >= 15 is 0 Å². The summed E-state index contributed by atoms with van der Waals surface area (Å²) in [4.78, 5) is 22.8. The van der Waals surface area contributed by atoms with Gasteiger partial charge in [-0.15, -0.1) is 0 Å². The van der Waals surface area contributed by atoms with Crippen LogP contribution in [0, 0.1) is 0 Å². The van der Waals surface area contributed by atoms with Crippen LogP contribution >= 0.6 is 0 Å². The Morgan fingerprint density at radius 1 is 1.32 bits per heavy atom. The minimum atomic E-state index is -0.142. The van der Waals surface area contributed by atoms with Crippen LogP contribution in [0.4, 0.5) is 11.4 Å². The van der Waals surface area contributed by atoms with Crippen molar-refractivity contribution in [3.05, 3.63) is 23.8 Å². The first-order valence-corrected chi connectivity index (χ1v) is 6.20. The molecule has 19 heavy (non-hydrogen) atoms. The summed E-state index contributed by atoms with van der Waals surface area (Å²) < 4.78 is 0. The molecule has 0 atom stereocenters. The number of nitrogens with two attached hydrogens (primary N) is 1. The van der Waals surface area contributed by atoms with Crippen LogP contribution in [0.1, 0.15) is 23.7 Å². The minimum absolute atomic E-state index is 0.0500. The number of benzene rings is 1. The SMILES string of the molecule is CCNC(=O)c1ccc(N)c(NCCC(=O)NC)c1. The molecular weight excluding hydrogens is 244 g/mol. The number of nitrogens with one attached hydrogen (secondary N) is 3. The van der Waals surface area contributed by atoms with Crippen LogP contribution in [-0.4, -0.2) is 32.0 Å². The molecule has 0 unspecified atom stereocenters. The molecule has 2 amide bonds. The first-order valence-electron chi connectivity index (χ1n) is 6.20. The third kappa shape index (κ3) is 4.50. The fourth-order valence-electron chi connectivity index (χ4n) is 1.55. The van der Waals surface area contributed by atoms with E-state index in [0.29, 0.717) is 36.4 Å². The average molecular weight is 264 g/mol. The van der Waals surface area contributed by atoms with E-state index in [2.05, 4.69) is 16.0 Å². The smallest absolute Gasteiger partial charge is 0.251 e. The summed E-state index contributed by atoms with van der Waals surface area (Å²) >= 11 is 0. The lowest BCUT2D eigenvalue weighted by molar-refractivity contribution is -0.120. The maximum Gasteiger partial charge on any atom is 0.251 e. The molecule has 0 aliphatic rings. The van der Waals surface area contributed by atoms with Crippen molar-refractivity contribution in [3.63, 3.8) is 0 Å². The molecule has 0 saturated carbocycles. The van der Waals surface area contributed by atoms with Gasteiger partial charge in [0.25, 0.3) is 5.91 Å². The summed E-state index contributed by atoms with van der Waals surface area (Å²) in [6, 6.07) is 5.03. The van der Waals surface area contributed by atoms with E-state index < -0.39 is 0 Å². The molecule has 0 saturated heterocycles. The molecule has 0 fully saturated rings. The molecule has 0 heterocycles. The van der Waals surface area contributed by atoms with E-state index in [1.165, 1.54) is 0 Å². The van der Waals surface area contributed by atoms with Crippen molar-refractivity contribution >= 4 is 23.2 Å². The van der Waals surface area contributed by atoms with Crippen molar-refractivity contribution in [1.29, 1.82) is 0 Å². The van der Waals surface area contributed by atoms with Crippen molar-refractivity contribution in [1.82, 2.24) is 10.6 Å². The van der Waals surface area contributed by atoms with E-state index in [0.717, 1.165) is 0 Å². The van der Waals surface area contributed by atoms with Gasteiger partial charge in [-0.05, 0) is 25.1 Å². The Morgan fingerprint density at radius 3 is 2.68 bits per heavy atom. The molecule has 0 bridgehead atoms. The fraction of sp³-hybridized carbons (Fsp3) is 0.385. The third-order valence-electron chi connectivity index (χ3n) is 2.60. The predicted octanol–water partition coefficient (Wildman–Crippen LogP) is 0.567. The van der Waals surface area contributed by atoms with Gasteiger partial charge in [0.05, 0.1) is 11.4 Å². The Morgan fingerprint density at radius 2 is 2.05 bits per heavy atom. The average Bonchev–Trinajstić information content (AvgIpc) is 2.40. The molecule has 0 aliphatic heterocycles. The highest BCUT2D eigenvalue weighted by Gasteiger charge is 2.07. The summed E-state index contributed by atoms with van der Waals surface area (Å²) in [7, 11) is 1.59. The Kier molecular flexibility index (Phi) is 5.66. The molecular formula is C13H20N4O2.